The van der Waals surface area contributed by atoms with Crippen LogP contribution in [0.5, 0.6) is 11.5 Å². The Kier molecular flexibility index (Phi) is 7.07. The molecule has 2 aromatic rings. The minimum absolute atomic E-state index is 0.366. The molecule has 0 spiro atoms. The van der Waals surface area contributed by atoms with E-state index >= 15 is 0 Å². The second-order valence-corrected chi connectivity index (χ2v) is 7.91. The van der Waals surface area contributed by atoms with Crippen LogP contribution in [-0.2, 0) is 9.59 Å². The molecule has 0 bridgehead atoms. The van der Waals surface area contributed by atoms with Crippen molar-refractivity contribution in [2.75, 3.05) is 41.4 Å². The maximum absolute atomic E-state index is 13.4. The number of Topliss-reactive ketones (excluding diaryl/α,β-unsaturated/α-hetero) is 2. The normalized spacial score (nSPS) is 18.5. The zero-order chi connectivity index (χ0) is 22.5. The van der Waals surface area contributed by atoms with Gasteiger partial charge in [-0.25, -0.2) is 0 Å². The lowest BCUT2D eigenvalue weighted by Gasteiger charge is -2.29. The molecule has 164 valence electrons. The lowest BCUT2D eigenvalue weighted by atomic mass is 9.86. The van der Waals surface area contributed by atoms with Crippen LogP contribution in [0, 0.1) is 5.92 Å². The second kappa shape index (κ2) is 9.75. The molecule has 7 heteroatoms. The maximum atomic E-state index is 13.4. The van der Waals surface area contributed by atoms with Gasteiger partial charge in [0, 0.05) is 24.1 Å². The highest BCUT2D eigenvalue weighted by Gasteiger charge is 2.52. The van der Waals surface area contributed by atoms with E-state index in [-0.39, 0.29) is 5.78 Å². The third kappa shape index (κ3) is 4.46. The van der Waals surface area contributed by atoms with Crippen molar-refractivity contribution < 1.29 is 28.8 Å². The van der Waals surface area contributed by atoms with Crippen LogP contribution < -0.4 is 14.4 Å². The molecule has 0 saturated carbocycles. The Bertz CT molecular complexity index is 958. The van der Waals surface area contributed by atoms with E-state index in [4.69, 9.17) is 9.47 Å². The molecule has 0 radical (unpaired) electrons. The van der Waals surface area contributed by atoms with Crippen molar-refractivity contribution in [2.24, 2.45) is 5.92 Å². The lowest BCUT2D eigenvalue weighted by molar-refractivity contribution is -0.858. The van der Waals surface area contributed by atoms with E-state index in [1.807, 2.05) is 14.1 Å². The molecule has 1 N–H and O–H groups in total. The van der Waals surface area contributed by atoms with Gasteiger partial charge in [0.25, 0.3) is 5.91 Å². The molecule has 1 heterocycles. The monoisotopic (exact) mass is 425 g/mol. The fourth-order valence-electron chi connectivity index (χ4n) is 4.10. The third-order valence-electron chi connectivity index (χ3n) is 5.57. The minimum Gasteiger partial charge on any atom is -0.493 e. The van der Waals surface area contributed by atoms with E-state index in [2.05, 4.69) is 0 Å². The quantitative estimate of drug-likeness (QED) is 0.371. The average molecular weight is 426 g/mol. The zero-order valence-electron chi connectivity index (χ0n) is 18.4. The highest BCUT2D eigenvalue weighted by molar-refractivity contribution is 6.44. The van der Waals surface area contributed by atoms with Gasteiger partial charge in [-0.05, 0) is 6.07 Å². The van der Waals surface area contributed by atoms with Crippen molar-refractivity contribution in [3.8, 4) is 11.5 Å². The Morgan fingerprint density at radius 3 is 2.32 bits per heavy atom. The summed E-state index contributed by atoms with van der Waals surface area (Å²) in [5.74, 6) is -1.90. The minimum atomic E-state index is -1.14. The summed E-state index contributed by atoms with van der Waals surface area (Å²) in [6, 6.07) is 13.2. The van der Waals surface area contributed by atoms with Crippen molar-refractivity contribution in [1.82, 2.24) is 4.90 Å². The van der Waals surface area contributed by atoms with Gasteiger partial charge in [-0.1, -0.05) is 42.5 Å². The Morgan fingerprint density at radius 2 is 1.71 bits per heavy atom. The van der Waals surface area contributed by atoms with E-state index in [0.717, 1.165) is 6.54 Å². The summed E-state index contributed by atoms with van der Waals surface area (Å²) < 4.78 is 11.0. The molecule has 7 nitrogen and oxygen atoms in total. The van der Waals surface area contributed by atoms with Gasteiger partial charge in [-0.2, -0.15) is 0 Å². The van der Waals surface area contributed by atoms with Gasteiger partial charge < -0.3 is 19.3 Å². The van der Waals surface area contributed by atoms with Gasteiger partial charge in [-0.3, -0.25) is 14.4 Å². The molecular weight excluding hydrogens is 396 g/mol. The van der Waals surface area contributed by atoms with E-state index in [0.29, 0.717) is 35.6 Å². The Labute approximate surface area is 182 Å². The number of benzene rings is 2. The van der Waals surface area contributed by atoms with E-state index in [1.165, 1.54) is 24.0 Å². The van der Waals surface area contributed by atoms with Gasteiger partial charge in [0.05, 0.1) is 40.9 Å². The third-order valence-corrected chi connectivity index (χ3v) is 5.57. The molecule has 2 atom stereocenters. The number of carbonyl (C=O) groups is 3. The number of likely N-dealkylation sites (tertiary alicyclic amines) is 1. The standard InChI is InChI=1S/C24H28N2O5/c1-25(2)14-9-15-26-20(17-12-8-13-18(30-3)23(17)31-4)19(22(28)24(26)29)21(27)16-10-6-5-7-11-16/h5-8,10-13,19-20H,9,14-15H2,1-4H3/p+1. The van der Waals surface area contributed by atoms with Crippen LogP contribution in [0.2, 0.25) is 0 Å². The molecule has 1 aliphatic rings. The van der Waals surface area contributed by atoms with E-state index in [9.17, 15) is 14.4 Å². The maximum Gasteiger partial charge on any atom is 0.291 e. The van der Waals surface area contributed by atoms with Gasteiger partial charge in [0.1, 0.15) is 5.92 Å². The van der Waals surface area contributed by atoms with Crippen LogP contribution in [0.3, 0.4) is 0 Å². The van der Waals surface area contributed by atoms with Crippen LogP contribution in [0.1, 0.15) is 28.4 Å². The number of para-hydroxylation sites is 1. The topological polar surface area (TPSA) is 77.4 Å². The average Bonchev–Trinajstić information content (AvgIpc) is 3.03. The molecule has 2 aromatic carbocycles. The van der Waals surface area contributed by atoms with Crippen LogP contribution >= 0.6 is 0 Å². The fourth-order valence-corrected chi connectivity index (χ4v) is 4.10. The molecule has 0 aliphatic carbocycles. The summed E-state index contributed by atoms with van der Waals surface area (Å²) in [5, 5.41) is 0. The Hall–Kier alpha value is -3.19. The smallest absolute Gasteiger partial charge is 0.291 e. The molecule has 2 unspecified atom stereocenters. The van der Waals surface area contributed by atoms with Crippen molar-refractivity contribution >= 4 is 17.5 Å². The fraction of sp³-hybridized carbons (Fsp3) is 0.375. The van der Waals surface area contributed by atoms with Gasteiger partial charge >= 0.3 is 0 Å². The number of quaternary nitrogens is 1. The molecule has 1 aliphatic heterocycles. The zero-order valence-corrected chi connectivity index (χ0v) is 18.4. The first-order chi connectivity index (χ1) is 14.9. The summed E-state index contributed by atoms with van der Waals surface area (Å²) in [5.41, 5.74) is 0.993. The summed E-state index contributed by atoms with van der Waals surface area (Å²) in [6.45, 7) is 1.20. The summed E-state index contributed by atoms with van der Waals surface area (Å²) in [4.78, 5) is 42.2. The Balaban J connectivity index is 2.10. The molecule has 0 aromatic heterocycles. The van der Waals surface area contributed by atoms with Crippen molar-refractivity contribution in [2.45, 2.75) is 12.5 Å². The second-order valence-electron chi connectivity index (χ2n) is 7.91. The van der Waals surface area contributed by atoms with Crippen LogP contribution in [0.25, 0.3) is 0 Å². The number of methoxy groups -OCH3 is 2. The largest absolute Gasteiger partial charge is 0.493 e. The molecule has 3 rings (SSSR count). The first kappa shape index (κ1) is 22.5. The van der Waals surface area contributed by atoms with Crippen LogP contribution in [-0.4, -0.2) is 63.8 Å². The number of ether oxygens (including phenoxy) is 2. The van der Waals surface area contributed by atoms with Crippen LogP contribution in [0.15, 0.2) is 48.5 Å². The number of hydrogen-bond donors (Lipinski definition) is 1. The SMILES string of the molecule is COc1cccc(C2C(C(=O)c3ccccc3)C(=O)C(=O)N2CCC[NH+](C)C)c1OC. The van der Waals surface area contributed by atoms with Crippen molar-refractivity contribution in [3.05, 3.63) is 59.7 Å². The number of ketones is 2. The number of nitrogens with zero attached hydrogens (tertiary/aromatic N) is 1. The van der Waals surface area contributed by atoms with Gasteiger partial charge in [0.2, 0.25) is 5.78 Å². The summed E-state index contributed by atoms with van der Waals surface area (Å²) in [6.07, 6.45) is 0.705. The van der Waals surface area contributed by atoms with Gasteiger partial charge in [-0.15, -0.1) is 0 Å². The molecule has 31 heavy (non-hydrogen) atoms. The number of amides is 1. The van der Waals surface area contributed by atoms with Crippen molar-refractivity contribution in [3.63, 3.8) is 0 Å². The molecular formula is C24H29N2O5+. The number of rotatable bonds is 9. The predicted octanol–water partition coefficient (Wildman–Crippen LogP) is 1.19. The predicted molar refractivity (Wildman–Crippen MR) is 116 cm³/mol. The lowest BCUT2D eigenvalue weighted by Crippen LogP contribution is -3.05. The molecule has 1 amide bonds. The van der Waals surface area contributed by atoms with E-state index in [1.54, 1.807) is 48.5 Å². The summed E-state index contributed by atoms with van der Waals surface area (Å²) in [7, 11) is 7.09. The van der Waals surface area contributed by atoms with Gasteiger partial charge in [0.15, 0.2) is 17.3 Å². The first-order valence-corrected chi connectivity index (χ1v) is 10.3. The van der Waals surface area contributed by atoms with Crippen LogP contribution in [0.4, 0.5) is 0 Å². The highest BCUT2D eigenvalue weighted by atomic mass is 16.5. The number of carbonyl (C=O) groups excluding carboxylic acids is 3. The first-order valence-electron chi connectivity index (χ1n) is 10.3. The highest BCUT2D eigenvalue weighted by Crippen LogP contribution is 2.44. The Morgan fingerprint density at radius 1 is 1.00 bits per heavy atom. The van der Waals surface area contributed by atoms with E-state index < -0.39 is 23.7 Å². The molecule has 1 saturated heterocycles. The van der Waals surface area contributed by atoms with Crippen molar-refractivity contribution in [1.29, 1.82) is 0 Å². The number of hydrogen-bond acceptors (Lipinski definition) is 5. The summed E-state index contributed by atoms with van der Waals surface area (Å²) >= 11 is 0. The molecule has 1 fully saturated rings. The number of nitrogens with one attached hydrogen (secondary N) is 1.